The molecule has 0 saturated carbocycles. The van der Waals surface area contributed by atoms with E-state index in [1.807, 2.05) is 48.7 Å². The van der Waals surface area contributed by atoms with Gasteiger partial charge in [0.1, 0.15) is 5.76 Å². The van der Waals surface area contributed by atoms with Gasteiger partial charge >= 0.3 is 0 Å². The van der Waals surface area contributed by atoms with Gasteiger partial charge in [0.05, 0.1) is 29.4 Å². The Bertz CT molecular complexity index is 1040. The smallest absolute Gasteiger partial charge is 0.234 e. The van der Waals surface area contributed by atoms with Crippen LogP contribution in [0.1, 0.15) is 16.2 Å². The van der Waals surface area contributed by atoms with Crippen molar-refractivity contribution in [2.24, 2.45) is 0 Å². The zero-order valence-corrected chi connectivity index (χ0v) is 16.3. The van der Waals surface area contributed by atoms with E-state index in [-0.39, 0.29) is 5.91 Å². The largest absolute Gasteiger partial charge is 0.467 e. The Hall–Kier alpha value is -2.15. The SMILES string of the molecule is Cc1c(Cl)ccc2sc(N(Cc3ccco3)C(=O)Cc3cccs3)nc12. The fraction of sp³-hybridized carbons (Fsp3) is 0.158. The summed E-state index contributed by atoms with van der Waals surface area (Å²) in [6, 6.07) is 11.4. The van der Waals surface area contributed by atoms with Crippen molar-refractivity contribution in [1.29, 1.82) is 0 Å². The second-order valence-corrected chi connectivity index (χ2v) is 8.28. The molecule has 132 valence electrons. The molecular formula is C19H15ClN2O2S2. The minimum atomic E-state index is -0.00773. The van der Waals surface area contributed by atoms with Gasteiger partial charge in [0.2, 0.25) is 5.91 Å². The predicted molar refractivity (Wildman–Crippen MR) is 107 cm³/mol. The number of carbonyl (C=O) groups is 1. The fourth-order valence-electron chi connectivity index (χ4n) is 2.68. The van der Waals surface area contributed by atoms with E-state index in [0.717, 1.165) is 26.4 Å². The molecule has 7 heteroatoms. The van der Waals surface area contributed by atoms with Gasteiger partial charge in [-0.2, -0.15) is 0 Å². The van der Waals surface area contributed by atoms with Crippen molar-refractivity contribution in [3.8, 4) is 0 Å². The van der Waals surface area contributed by atoms with E-state index in [2.05, 4.69) is 0 Å². The number of anilines is 1. The number of thiophene rings is 1. The van der Waals surface area contributed by atoms with E-state index in [1.54, 1.807) is 22.5 Å². The Morgan fingerprint density at radius 1 is 1.27 bits per heavy atom. The molecule has 4 nitrogen and oxygen atoms in total. The van der Waals surface area contributed by atoms with Crippen LogP contribution in [0.3, 0.4) is 0 Å². The van der Waals surface area contributed by atoms with E-state index >= 15 is 0 Å². The van der Waals surface area contributed by atoms with Crippen LogP contribution in [-0.4, -0.2) is 10.9 Å². The van der Waals surface area contributed by atoms with E-state index in [4.69, 9.17) is 21.0 Å². The van der Waals surface area contributed by atoms with Crippen LogP contribution in [0, 0.1) is 6.92 Å². The number of hydrogen-bond donors (Lipinski definition) is 0. The van der Waals surface area contributed by atoms with Gasteiger partial charge in [-0.05, 0) is 48.2 Å². The van der Waals surface area contributed by atoms with Crippen LogP contribution in [0.4, 0.5) is 5.13 Å². The molecule has 0 unspecified atom stereocenters. The maximum atomic E-state index is 13.0. The normalized spacial score (nSPS) is 11.2. The Labute approximate surface area is 163 Å². The molecule has 0 atom stereocenters. The summed E-state index contributed by atoms with van der Waals surface area (Å²) in [6.07, 6.45) is 1.95. The second-order valence-electron chi connectivity index (χ2n) is 5.83. The summed E-state index contributed by atoms with van der Waals surface area (Å²) in [5.74, 6) is 0.713. The molecule has 3 aromatic heterocycles. The number of thiazole rings is 1. The van der Waals surface area contributed by atoms with Crippen molar-refractivity contribution in [1.82, 2.24) is 4.98 Å². The molecule has 0 bridgehead atoms. The van der Waals surface area contributed by atoms with Crippen molar-refractivity contribution < 1.29 is 9.21 Å². The number of benzene rings is 1. The maximum absolute atomic E-state index is 13.0. The maximum Gasteiger partial charge on any atom is 0.234 e. The van der Waals surface area contributed by atoms with Crippen LogP contribution >= 0.6 is 34.3 Å². The molecule has 0 fully saturated rings. The lowest BCUT2D eigenvalue weighted by molar-refractivity contribution is -0.118. The molecule has 26 heavy (non-hydrogen) atoms. The molecule has 4 aromatic rings. The number of halogens is 1. The molecule has 0 aliphatic heterocycles. The van der Waals surface area contributed by atoms with Gasteiger partial charge in [0, 0.05) is 9.90 Å². The summed E-state index contributed by atoms with van der Waals surface area (Å²) in [4.78, 5) is 20.4. The zero-order valence-electron chi connectivity index (χ0n) is 13.9. The Balaban J connectivity index is 1.72. The van der Waals surface area contributed by atoms with Gasteiger partial charge in [-0.15, -0.1) is 11.3 Å². The summed E-state index contributed by atoms with van der Waals surface area (Å²) in [5, 5.41) is 3.31. The predicted octanol–water partition coefficient (Wildman–Crippen LogP) is 5.69. The number of nitrogens with zero attached hydrogens (tertiary/aromatic N) is 2. The summed E-state index contributed by atoms with van der Waals surface area (Å²) in [7, 11) is 0. The van der Waals surface area contributed by atoms with Crippen LogP contribution in [0.25, 0.3) is 10.2 Å². The lowest BCUT2D eigenvalue weighted by Gasteiger charge is -2.18. The minimum Gasteiger partial charge on any atom is -0.467 e. The molecular weight excluding hydrogens is 388 g/mol. The molecule has 0 saturated heterocycles. The molecule has 0 radical (unpaired) electrons. The highest BCUT2D eigenvalue weighted by atomic mass is 35.5. The molecule has 1 amide bonds. The Morgan fingerprint density at radius 2 is 2.15 bits per heavy atom. The number of rotatable bonds is 5. The van der Waals surface area contributed by atoms with Crippen molar-refractivity contribution in [3.05, 3.63) is 69.3 Å². The Kier molecular flexibility index (Phi) is 4.80. The van der Waals surface area contributed by atoms with Gasteiger partial charge < -0.3 is 4.42 Å². The lowest BCUT2D eigenvalue weighted by atomic mass is 10.2. The molecule has 0 spiro atoms. The third-order valence-corrected chi connectivity index (χ3v) is 6.40. The van der Waals surface area contributed by atoms with E-state index in [9.17, 15) is 4.79 Å². The van der Waals surface area contributed by atoms with Gasteiger partial charge in [0.15, 0.2) is 5.13 Å². The highest BCUT2D eigenvalue weighted by Gasteiger charge is 2.22. The summed E-state index contributed by atoms with van der Waals surface area (Å²) >= 11 is 9.28. The van der Waals surface area contributed by atoms with Gasteiger partial charge in [-0.3, -0.25) is 9.69 Å². The topological polar surface area (TPSA) is 46.3 Å². The van der Waals surface area contributed by atoms with Gasteiger partial charge in [0.25, 0.3) is 0 Å². The summed E-state index contributed by atoms with van der Waals surface area (Å²) < 4.78 is 6.46. The highest BCUT2D eigenvalue weighted by molar-refractivity contribution is 7.22. The molecule has 0 aliphatic rings. The van der Waals surface area contributed by atoms with Crippen molar-refractivity contribution in [2.75, 3.05) is 4.90 Å². The van der Waals surface area contributed by atoms with E-state index in [1.165, 1.54) is 11.3 Å². The first-order valence-electron chi connectivity index (χ1n) is 8.02. The first-order valence-corrected chi connectivity index (χ1v) is 10.1. The third-order valence-electron chi connectivity index (χ3n) is 4.07. The summed E-state index contributed by atoms with van der Waals surface area (Å²) in [5.41, 5.74) is 1.76. The fourth-order valence-corrected chi connectivity index (χ4v) is 4.57. The number of carbonyl (C=O) groups excluding carboxylic acids is 1. The number of aryl methyl sites for hydroxylation is 1. The first-order chi connectivity index (χ1) is 12.6. The van der Waals surface area contributed by atoms with Gasteiger partial charge in [-0.1, -0.05) is 29.0 Å². The molecule has 0 N–H and O–H groups in total. The minimum absolute atomic E-state index is 0.00773. The van der Waals surface area contributed by atoms with Crippen molar-refractivity contribution >= 4 is 55.5 Å². The Morgan fingerprint density at radius 3 is 2.88 bits per heavy atom. The van der Waals surface area contributed by atoms with Crippen molar-refractivity contribution in [2.45, 2.75) is 19.9 Å². The monoisotopic (exact) mass is 402 g/mol. The molecule has 3 heterocycles. The van der Waals surface area contributed by atoms with Crippen molar-refractivity contribution in [3.63, 3.8) is 0 Å². The van der Waals surface area contributed by atoms with Crippen LogP contribution in [-0.2, 0) is 17.8 Å². The molecule has 0 aliphatic carbocycles. The number of aromatic nitrogens is 1. The van der Waals surface area contributed by atoms with Gasteiger partial charge in [-0.25, -0.2) is 4.98 Å². The number of hydrogen-bond acceptors (Lipinski definition) is 5. The van der Waals surface area contributed by atoms with E-state index in [0.29, 0.717) is 23.1 Å². The average molecular weight is 403 g/mol. The van der Waals surface area contributed by atoms with Crippen LogP contribution in [0.15, 0.2) is 52.5 Å². The lowest BCUT2D eigenvalue weighted by Crippen LogP contribution is -2.31. The zero-order chi connectivity index (χ0) is 18.1. The quantitative estimate of drug-likeness (QED) is 0.431. The van der Waals surface area contributed by atoms with Crippen LogP contribution in [0.2, 0.25) is 5.02 Å². The molecule has 4 rings (SSSR count). The van der Waals surface area contributed by atoms with Crippen LogP contribution in [0.5, 0.6) is 0 Å². The summed E-state index contributed by atoms with van der Waals surface area (Å²) in [6.45, 7) is 2.29. The first kappa shape index (κ1) is 17.3. The number of furan rings is 1. The standard InChI is InChI=1S/C19H15ClN2O2S2/c1-12-15(20)6-7-16-18(12)21-19(26-16)22(11-13-4-2-8-24-13)17(23)10-14-5-3-9-25-14/h2-9H,10-11H2,1H3. The third kappa shape index (κ3) is 3.40. The second kappa shape index (κ2) is 7.23. The highest BCUT2D eigenvalue weighted by Crippen LogP contribution is 2.34. The number of fused-ring (bicyclic) bond motifs is 1. The average Bonchev–Trinajstić information content (AvgIpc) is 3.37. The van der Waals surface area contributed by atoms with Crippen LogP contribution < -0.4 is 4.90 Å². The molecule has 1 aromatic carbocycles. The number of amides is 1. The van der Waals surface area contributed by atoms with E-state index < -0.39 is 0 Å².